The molecular formula is C20H22FN3O2S. The Morgan fingerprint density at radius 3 is 2.37 bits per heavy atom. The molecule has 27 heavy (non-hydrogen) atoms. The van der Waals surface area contributed by atoms with Gasteiger partial charge in [-0.1, -0.05) is 30.3 Å². The first-order valence-electron chi connectivity index (χ1n) is 8.80. The van der Waals surface area contributed by atoms with Gasteiger partial charge in [0.2, 0.25) is 10.0 Å². The number of halogens is 1. The zero-order chi connectivity index (χ0) is 19.6. The van der Waals surface area contributed by atoms with Crippen LogP contribution in [0.25, 0.3) is 0 Å². The smallest absolute Gasteiger partial charge is 0.243 e. The second-order valence-electron chi connectivity index (χ2n) is 6.76. The van der Waals surface area contributed by atoms with Crippen molar-refractivity contribution in [1.29, 1.82) is 5.26 Å². The van der Waals surface area contributed by atoms with Crippen LogP contribution in [-0.4, -0.2) is 43.8 Å². The van der Waals surface area contributed by atoms with Gasteiger partial charge >= 0.3 is 0 Å². The van der Waals surface area contributed by atoms with Crippen molar-refractivity contribution >= 4 is 10.0 Å². The normalized spacial score (nSPS) is 17.4. The van der Waals surface area contributed by atoms with Gasteiger partial charge in [-0.05, 0) is 37.1 Å². The van der Waals surface area contributed by atoms with Crippen LogP contribution in [0.2, 0.25) is 0 Å². The number of nitriles is 1. The Morgan fingerprint density at radius 1 is 1.07 bits per heavy atom. The van der Waals surface area contributed by atoms with Crippen LogP contribution in [-0.2, 0) is 10.0 Å². The van der Waals surface area contributed by atoms with Crippen molar-refractivity contribution < 1.29 is 12.8 Å². The summed E-state index contributed by atoms with van der Waals surface area (Å²) in [6, 6.07) is 13.0. The Labute approximate surface area is 159 Å². The number of aryl methyl sites for hydroxylation is 2. The maximum absolute atomic E-state index is 14.1. The van der Waals surface area contributed by atoms with Crippen LogP contribution in [0.3, 0.4) is 0 Å². The van der Waals surface area contributed by atoms with Crippen LogP contribution in [0.4, 0.5) is 4.39 Å². The molecule has 0 amide bonds. The number of sulfonamides is 1. The highest BCUT2D eigenvalue weighted by Crippen LogP contribution is 2.27. The van der Waals surface area contributed by atoms with Crippen molar-refractivity contribution in [2.45, 2.75) is 24.8 Å². The summed E-state index contributed by atoms with van der Waals surface area (Å²) in [5.41, 5.74) is 1.93. The third kappa shape index (κ3) is 3.88. The lowest BCUT2D eigenvalue weighted by Crippen LogP contribution is -2.49. The quantitative estimate of drug-likeness (QED) is 0.809. The van der Waals surface area contributed by atoms with Gasteiger partial charge in [0, 0.05) is 31.7 Å². The van der Waals surface area contributed by atoms with E-state index in [0.717, 1.165) is 5.56 Å². The van der Waals surface area contributed by atoms with E-state index in [9.17, 15) is 18.1 Å². The summed E-state index contributed by atoms with van der Waals surface area (Å²) in [6.45, 7) is 4.92. The van der Waals surface area contributed by atoms with E-state index in [4.69, 9.17) is 0 Å². The molecule has 1 heterocycles. The first kappa shape index (κ1) is 19.5. The predicted molar refractivity (Wildman–Crippen MR) is 101 cm³/mol. The monoisotopic (exact) mass is 387 g/mol. The third-order valence-electron chi connectivity index (χ3n) is 4.92. The lowest BCUT2D eigenvalue weighted by Gasteiger charge is -2.36. The zero-order valence-corrected chi connectivity index (χ0v) is 16.2. The molecule has 1 unspecified atom stereocenters. The predicted octanol–water partition coefficient (Wildman–Crippen LogP) is 3.01. The molecule has 0 radical (unpaired) electrons. The Morgan fingerprint density at radius 2 is 1.74 bits per heavy atom. The fraction of sp³-hybridized carbons (Fsp3) is 0.350. The van der Waals surface area contributed by atoms with Crippen LogP contribution in [0.15, 0.2) is 47.4 Å². The fourth-order valence-electron chi connectivity index (χ4n) is 3.37. The van der Waals surface area contributed by atoms with Crippen molar-refractivity contribution in [3.8, 4) is 6.07 Å². The number of benzene rings is 2. The van der Waals surface area contributed by atoms with Crippen molar-refractivity contribution in [3.63, 3.8) is 0 Å². The highest BCUT2D eigenvalue weighted by atomic mass is 32.2. The van der Waals surface area contributed by atoms with E-state index in [1.165, 1.54) is 10.4 Å². The molecule has 2 aromatic carbocycles. The number of piperazine rings is 1. The Hall–Kier alpha value is -2.27. The number of nitrogens with zero attached hydrogens (tertiary/aromatic N) is 3. The largest absolute Gasteiger partial charge is 0.282 e. The van der Waals surface area contributed by atoms with E-state index in [-0.39, 0.29) is 13.1 Å². The Kier molecular flexibility index (Phi) is 5.61. The van der Waals surface area contributed by atoms with Crippen LogP contribution < -0.4 is 0 Å². The minimum Gasteiger partial charge on any atom is -0.282 e. The molecule has 0 aliphatic carbocycles. The highest BCUT2D eigenvalue weighted by molar-refractivity contribution is 7.89. The molecule has 0 aromatic heterocycles. The van der Waals surface area contributed by atoms with E-state index in [1.54, 1.807) is 31.2 Å². The SMILES string of the molecule is Cc1ccc(C)c(S(=O)(=O)N2CCN(C(C#N)c3ccccc3F)CC2)c1. The lowest BCUT2D eigenvalue weighted by atomic mass is 10.1. The van der Waals surface area contributed by atoms with Gasteiger partial charge in [0.25, 0.3) is 0 Å². The molecule has 1 aliphatic rings. The van der Waals surface area contributed by atoms with E-state index >= 15 is 0 Å². The molecule has 7 heteroatoms. The van der Waals surface area contributed by atoms with Crippen molar-refractivity contribution in [1.82, 2.24) is 9.21 Å². The maximum atomic E-state index is 14.1. The first-order chi connectivity index (χ1) is 12.8. The van der Waals surface area contributed by atoms with E-state index in [1.807, 2.05) is 24.0 Å². The Bertz CT molecular complexity index is 977. The summed E-state index contributed by atoms with van der Waals surface area (Å²) in [6.07, 6.45) is 0. The molecule has 0 N–H and O–H groups in total. The van der Waals surface area contributed by atoms with Crippen LogP contribution >= 0.6 is 0 Å². The zero-order valence-electron chi connectivity index (χ0n) is 15.4. The highest BCUT2D eigenvalue weighted by Gasteiger charge is 2.33. The molecule has 142 valence electrons. The third-order valence-corrected chi connectivity index (χ3v) is 6.96. The summed E-state index contributed by atoms with van der Waals surface area (Å²) in [7, 11) is -3.59. The van der Waals surface area contributed by atoms with Crippen LogP contribution in [0, 0.1) is 31.0 Å². The molecule has 1 atom stereocenters. The molecule has 0 spiro atoms. The van der Waals surface area contributed by atoms with Gasteiger partial charge in [-0.2, -0.15) is 9.57 Å². The molecular weight excluding hydrogens is 365 g/mol. The van der Waals surface area contributed by atoms with Crippen molar-refractivity contribution in [2.75, 3.05) is 26.2 Å². The summed E-state index contributed by atoms with van der Waals surface area (Å²) >= 11 is 0. The number of hydrogen-bond acceptors (Lipinski definition) is 4. The average molecular weight is 387 g/mol. The number of hydrogen-bond donors (Lipinski definition) is 0. The minimum absolute atomic E-state index is 0.266. The number of rotatable bonds is 4. The van der Waals surface area contributed by atoms with Gasteiger partial charge in [0.05, 0.1) is 11.0 Å². The van der Waals surface area contributed by atoms with Gasteiger partial charge < -0.3 is 0 Å². The average Bonchev–Trinajstić information content (AvgIpc) is 2.66. The molecule has 3 rings (SSSR count). The first-order valence-corrected chi connectivity index (χ1v) is 10.2. The second kappa shape index (κ2) is 7.77. The summed E-state index contributed by atoms with van der Waals surface area (Å²) in [4.78, 5) is 2.15. The van der Waals surface area contributed by atoms with Gasteiger partial charge in [-0.3, -0.25) is 4.90 Å². The van der Waals surface area contributed by atoms with Gasteiger partial charge in [-0.25, -0.2) is 12.8 Å². The summed E-state index contributed by atoms with van der Waals surface area (Å²) in [5, 5.41) is 9.54. The van der Waals surface area contributed by atoms with Crippen molar-refractivity contribution in [3.05, 3.63) is 65.0 Å². The molecule has 0 bridgehead atoms. The molecule has 0 saturated carbocycles. The molecule has 1 saturated heterocycles. The maximum Gasteiger partial charge on any atom is 0.243 e. The van der Waals surface area contributed by atoms with Gasteiger partial charge in [-0.15, -0.1) is 0 Å². The minimum atomic E-state index is -3.59. The molecule has 1 fully saturated rings. The Balaban J connectivity index is 1.78. The fourth-order valence-corrected chi connectivity index (χ4v) is 5.10. The lowest BCUT2D eigenvalue weighted by molar-refractivity contribution is 0.160. The summed E-state index contributed by atoms with van der Waals surface area (Å²) < 4.78 is 41.5. The van der Waals surface area contributed by atoms with E-state index in [0.29, 0.717) is 29.1 Å². The van der Waals surface area contributed by atoms with Gasteiger partial charge in [0.1, 0.15) is 11.9 Å². The molecule has 5 nitrogen and oxygen atoms in total. The van der Waals surface area contributed by atoms with Crippen LogP contribution in [0.5, 0.6) is 0 Å². The van der Waals surface area contributed by atoms with E-state index in [2.05, 4.69) is 6.07 Å². The topological polar surface area (TPSA) is 64.4 Å². The standard InChI is InChI=1S/C20H22FN3O2S/c1-15-7-8-16(2)20(13-15)27(25,26)24-11-9-23(10-12-24)19(14-22)17-5-3-4-6-18(17)21/h3-8,13,19H,9-12H2,1-2H3. The summed E-state index contributed by atoms with van der Waals surface area (Å²) in [5.74, 6) is -0.422. The van der Waals surface area contributed by atoms with Gasteiger partial charge in [0.15, 0.2) is 0 Å². The van der Waals surface area contributed by atoms with Crippen molar-refractivity contribution in [2.24, 2.45) is 0 Å². The van der Waals surface area contributed by atoms with E-state index < -0.39 is 21.9 Å². The van der Waals surface area contributed by atoms with Crippen LogP contribution in [0.1, 0.15) is 22.7 Å². The molecule has 1 aliphatic heterocycles. The molecule has 2 aromatic rings. The second-order valence-corrected chi connectivity index (χ2v) is 8.67.